The summed E-state index contributed by atoms with van der Waals surface area (Å²) in [7, 11) is 3.39. The van der Waals surface area contributed by atoms with Crippen molar-refractivity contribution in [1.82, 2.24) is 5.32 Å². The molecule has 0 aliphatic heterocycles. The first-order valence-electron chi connectivity index (χ1n) is 7.21. The maximum Gasteiger partial charge on any atom is 0.127 e. The Morgan fingerprint density at radius 2 is 2.05 bits per heavy atom. The fourth-order valence-electron chi connectivity index (χ4n) is 2.88. The van der Waals surface area contributed by atoms with Gasteiger partial charge in [-0.1, -0.05) is 19.4 Å². The van der Waals surface area contributed by atoms with Crippen LogP contribution in [0.15, 0.2) is 18.2 Å². The molecule has 0 aromatic heterocycles. The molecule has 1 fully saturated rings. The fraction of sp³-hybridized carbons (Fsp3) is 0.625. The van der Waals surface area contributed by atoms with Gasteiger partial charge in [-0.15, -0.1) is 0 Å². The summed E-state index contributed by atoms with van der Waals surface area (Å²) >= 11 is 0. The molecule has 3 nitrogen and oxygen atoms in total. The molecule has 1 aliphatic carbocycles. The van der Waals surface area contributed by atoms with E-state index in [4.69, 9.17) is 9.47 Å². The van der Waals surface area contributed by atoms with E-state index < -0.39 is 0 Å². The van der Waals surface area contributed by atoms with E-state index >= 15 is 0 Å². The SMILES string of the molecule is CCC1CCC(NCc2ccc(OC)cc2OC)C1. The second-order valence-electron chi connectivity index (χ2n) is 5.34. The molecule has 0 saturated heterocycles. The number of hydrogen-bond acceptors (Lipinski definition) is 3. The van der Waals surface area contributed by atoms with Gasteiger partial charge in [-0.3, -0.25) is 0 Å². The molecule has 0 spiro atoms. The first kappa shape index (κ1) is 14.2. The second-order valence-corrected chi connectivity index (χ2v) is 5.34. The Morgan fingerprint density at radius 1 is 1.21 bits per heavy atom. The van der Waals surface area contributed by atoms with Gasteiger partial charge < -0.3 is 14.8 Å². The van der Waals surface area contributed by atoms with Crippen LogP contribution in [-0.4, -0.2) is 20.3 Å². The molecule has 2 rings (SSSR count). The molecule has 2 atom stereocenters. The lowest BCUT2D eigenvalue weighted by Gasteiger charge is -2.15. The average molecular weight is 263 g/mol. The highest BCUT2D eigenvalue weighted by Gasteiger charge is 2.22. The Bertz CT molecular complexity index is 406. The van der Waals surface area contributed by atoms with Crippen LogP contribution in [0, 0.1) is 5.92 Å². The predicted molar refractivity (Wildman–Crippen MR) is 77.8 cm³/mol. The number of methoxy groups -OCH3 is 2. The van der Waals surface area contributed by atoms with Gasteiger partial charge >= 0.3 is 0 Å². The number of nitrogens with one attached hydrogen (secondary N) is 1. The van der Waals surface area contributed by atoms with E-state index in [9.17, 15) is 0 Å². The number of rotatable bonds is 6. The summed E-state index contributed by atoms with van der Waals surface area (Å²) in [6.45, 7) is 3.16. The minimum absolute atomic E-state index is 0.664. The largest absolute Gasteiger partial charge is 0.497 e. The van der Waals surface area contributed by atoms with Gasteiger partial charge in [-0.25, -0.2) is 0 Å². The summed E-state index contributed by atoms with van der Waals surface area (Å²) in [5.74, 6) is 2.65. The van der Waals surface area contributed by atoms with Crippen molar-refractivity contribution < 1.29 is 9.47 Å². The molecule has 2 unspecified atom stereocenters. The smallest absolute Gasteiger partial charge is 0.127 e. The van der Waals surface area contributed by atoms with Crippen molar-refractivity contribution in [3.63, 3.8) is 0 Å². The molecule has 19 heavy (non-hydrogen) atoms. The molecular weight excluding hydrogens is 238 g/mol. The number of hydrogen-bond donors (Lipinski definition) is 1. The number of ether oxygens (including phenoxy) is 2. The summed E-state index contributed by atoms with van der Waals surface area (Å²) in [5.41, 5.74) is 1.20. The maximum absolute atomic E-state index is 5.43. The van der Waals surface area contributed by atoms with E-state index in [1.165, 1.54) is 31.2 Å². The summed E-state index contributed by atoms with van der Waals surface area (Å²) in [4.78, 5) is 0. The van der Waals surface area contributed by atoms with Crippen LogP contribution in [0.4, 0.5) is 0 Å². The van der Waals surface area contributed by atoms with Gasteiger partial charge in [0.25, 0.3) is 0 Å². The molecule has 0 heterocycles. The van der Waals surface area contributed by atoms with Gasteiger partial charge in [0.2, 0.25) is 0 Å². The fourth-order valence-corrected chi connectivity index (χ4v) is 2.88. The lowest BCUT2D eigenvalue weighted by molar-refractivity contribution is 0.387. The molecule has 1 saturated carbocycles. The van der Waals surface area contributed by atoms with E-state index in [-0.39, 0.29) is 0 Å². The molecule has 106 valence electrons. The van der Waals surface area contributed by atoms with Gasteiger partial charge in [-0.2, -0.15) is 0 Å². The molecule has 1 aliphatic rings. The zero-order chi connectivity index (χ0) is 13.7. The van der Waals surface area contributed by atoms with Crippen LogP contribution in [0.25, 0.3) is 0 Å². The topological polar surface area (TPSA) is 30.5 Å². The van der Waals surface area contributed by atoms with Crippen LogP contribution in [0.3, 0.4) is 0 Å². The lowest BCUT2D eigenvalue weighted by atomic mass is 10.1. The summed E-state index contributed by atoms with van der Waals surface area (Å²) < 4.78 is 10.6. The molecular formula is C16H25NO2. The molecule has 1 aromatic carbocycles. The third kappa shape index (κ3) is 3.63. The van der Waals surface area contributed by atoms with Crippen LogP contribution in [0.2, 0.25) is 0 Å². The highest BCUT2D eigenvalue weighted by Crippen LogP contribution is 2.29. The Hall–Kier alpha value is -1.22. The molecule has 1 aromatic rings. The van der Waals surface area contributed by atoms with Crippen LogP contribution in [-0.2, 0) is 6.54 Å². The highest BCUT2D eigenvalue weighted by atomic mass is 16.5. The summed E-state index contributed by atoms with van der Waals surface area (Å²) in [6, 6.07) is 6.68. The molecule has 1 N–H and O–H groups in total. The highest BCUT2D eigenvalue weighted by molar-refractivity contribution is 5.40. The Morgan fingerprint density at radius 3 is 2.68 bits per heavy atom. The van der Waals surface area contributed by atoms with Gasteiger partial charge in [0.1, 0.15) is 11.5 Å². The normalized spacial score (nSPS) is 22.5. The van der Waals surface area contributed by atoms with Crippen molar-refractivity contribution in [1.29, 1.82) is 0 Å². The minimum Gasteiger partial charge on any atom is -0.497 e. The van der Waals surface area contributed by atoms with E-state index in [2.05, 4.69) is 18.3 Å². The van der Waals surface area contributed by atoms with Crippen molar-refractivity contribution in [2.24, 2.45) is 5.92 Å². The van der Waals surface area contributed by atoms with Crippen molar-refractivity contribution in [2.45, 2.75) is 45.2 Å². The molecule has 0 radical (unpaired) electrons. The van der Waals surface area contributed by atoms with Gasteiger partial charge in [0.05, 0.1) is 14.2 Å². The molecule has 3 heteroatoms. The molecule has 0 bridgehead atoms. The Labute approximate surface area is 116 Å². The molecule has 0 amide bonds. The van der Waals surface area contributed by atoms with Crippen LogP contribution >= 0.6 is 0 Å². The third-order valence-electron chi connectivity index (χ3n) is 4.19. The first-order chi connectivity index (χ1) is 9.26. The lowest BCUT2D eigenvalue weighted by Crippen LogP contribution is -2.26. The predicted octanol–water partition coefficient (Wildman–Crippen LogP) is 3.37. The van der Waals surface area contributed by atoms with Crippen molar-refractivity contribution in [3.8, 4) is 11.5 Å². The Kier molecular flexibility index (Phi) is 5.08. The van der Waals surface area contributed by atoms with E-state index in [0.29, 0.717) is 6.04 Å². The second kappa shape index (κ2) is 6.80. The summed E-state index contributed by atoms with van der Waals surface area (Å²) in [5, 5.41) is 3.65. The maximum atomic E-state index is 5.43. The van der Waals surface area contributed by atoms with Crippen molar-refractivity contribution >= 4 is 0 Å². The van der Waals surface area contributed by atoms with E-state index in [1.54, 1.807) is 14.2 Å². The van der Waals surface area contributed by atoms with Crippen molar-refractivity contribution in [2.75, 3.05) is 14.2 Å². The zero-order valence-electron chi connectivity index (χ0n) is 12.2. The van der Waals surface area contributed by atoms with Crippen LogP contribution in [0.1, 0.15) is 38.2 Å². The van der Waals surface area contributed by atoms with E-state index in [1.807, 2.05) is 12.1 Å². The summed E-state index contributed by atoms with van der Waals surface area (Å²) in [6.07, 6.45) is 5.30. The van der Waals surface area contributed by atoms with Gasteiger partial charge in [-0.05, 0) is 31.2 Å². The van der Waals surface area contributed by atoms with Crippen LogP contribution < -0.4 is 14.8 Å². The zero-order valence-corrected chi connectivity index (χ0v) is 12.2. The van der Waals surface area contributed by atoms with Crippen molar-refractivity contribution in [3.05, 3.63) is 23.8 Å². The van der Waals surface area contributed by atoms with E-state index in [0.717, 1.165) is 24.0 Å². The average Bonchev–Trinajstić information content (AvgIpc) is 2.92. The minimum atomic E-state index is 0.664. The van der Waals surface area contributed by atoms with Gasteiger partial charge in [0, 0.05) is 24.2 Å². The number of benzene rings is 1. The third-order valence-corrected chi connectivity index (χ3v) is 4.19. The Balaban J connectivity index is 1.92. The quantitative estimate of drug-likeness (QED) is 0.853. The first-order valence-corrected chi connectivity index (χ1v) is 7.21. The monoisotopic (exact) mass is 263 g/mol. The standard InChI is InChI=1S/C16H25NO2/c1-4-12-5-7-14(9-12)17-11-13-6-8-15(18-2)10-16(13)19-3/h6,8,10,12,14,17H,4-5,7,9,11H2,1-3H3. The van der Waals surface area contributed by atoms with Crippen LogP contribution in [0.5, 0.6) is 11.5 Å². The van der Waals surface area contributed by atoms with Gasteiger partial charge in [0.15, 0.2) is 0 Å².